The summed E-state index contributed by atoms with van der Waals surface area (Å²) in [6, 6.07) is 2.13. The van der Waals surface area contributed by atoms with Crippen molar-refractivity contribution in [1.29, 1.82) is 5.41 Å². The Labute approximate surface area is 488 Å². The molecule has 0 aliphatic heterocycles. The van der Waals surface area contributed by atoms with Gasteiger partial charge in [-0.15, -0.1) is 0 Å². The third-order valence-electron chi connectivity index (χ3n) is 14.1. The number of para-hydroxylation sites is 1. The summed E-state index contributed by atoms with van der Waals surface area (Å²) in [6.45, 7) is 14.7. The second-order valence-electron chi connectivity index (χ2n) is 21.6. The van der Waals surface area contributed by atoms with Crippen molar-refractivity contribution in [2.24, 2.45) is 29.2 Å². The van der Waals surface area contributed by atoms with Crippen LogP contribution in [0.3, 0.4) is 0 Å². The molecule has 0 bridgehead atoms. The molecule has 0 fully saturated rings. The standard InChI is InChI=1S/C57H86N14O13/c1-10-30(5)45(55(82)64-34(9)49(76)66-42(26-36-28-62-38-21-16-15-20-37(36)38)51(78)67-40(24-29(3)4)53(80)71-46(56(83)84)31(6)11-2)70-54(81)41(25-35-18-13-12-14-19-35)68-52(79)43(27-44(72)73)69-50(77)39(22-17-23-61-57(59)60)65-48(75)33(8)63-47(74)32(7)58/h12-16,18-21,28-34,39-43,45-46,62H,10-11,17,22-27,58H2,1-9H3,(H,63,74)(H,64,82)(H,65,75)(H,66,76)(H,67,78)(H,68,79)(H,69,77)(H,70,81)(H,71,80)(H,72,73)(H,83,84)(H4,59,60,61)/t30-,31-,32-,33-,34-,39-,40-,41-,42-,43-,45-,46-/m0/s1. The van der Waals surface area contributed by atoms with Crippen LogP contribution in [0.1, 0.15) is 112 Å². The van der Waals surface area contributed by atoms with Crippen LogP contribution in [-0.4, -0.2) is 153 Å². The smallest absolute Gasteiger partial charge is 0.326 e. The van der Waals surface area contributed by atoms with Gasteiger partial charge in [0.2, 0.25) is 53.2 Å². The number of benzene rings is 2. The SMILES string of the molecule is CC[C@H](C)[C@H](NC(=O)[C@H](CC(C)C)NC(=O)[C@H](Cc1c[nH]c2ccccc12)NC(=O)[C@H](C)NC(=O)[C@@H](NC(=O)[C@H](Cc1ccccc1)NC(=O)[C@H](CC(=O)O)NC(=O)[C@H](CCCNC(=N)N)NC(=O)[C@H](C)NC(=O)[C@H](C)N)[C@@H](C)CC)C(=O)O. The Morgan fingerprint density at radius 1 is 0.548 bits per heavy atom. The average Bonchev–Trinajstić information content (AvgIpc) is 3.59. The molecule has 0 aliphatic carbocycles. The molecule has 0 aliphatic rings. The molecule has 27 nitrogen and oxygen atoms in total. The number of hydrogen-bond acceptors (Lipinski definition) is 13. The van der Waals surface area contributed by atoms with Crippen LogP contribution in [0.4, 0.5) is 0 Å². The molecule has 0 saturated heterocycles. The predicted molar refractivity (Wildman–Crippen MR) is 312 cm³/mol. The zero-order valence-corrected chi connectivity index (χ0v) is 49.2. The average molecular weight is 1180 g/mol. The summed E-state index contributed by atoms with van der Waals surface area (Å²) in [4.78, 5) is 152. The number of amides is 9. The van der Waals surface area contributed by atoms with Gasteiger partial charge in [-0.1, -0.05) is 103 Å². The summed E-state index contributed by atoms with van der Waals surface area (Å²) in [5.41, 5.74) is 12.9. The highest BCUT2D eigenvalue weighted by Gasteiger charge is 2.37. The van der Waals surface area contributed by atoms with Crippen molar-refractivity contribution >= 4 is 82.0 Å². The molecule has 27 heteroatoms. The number of nitrogens with two attached hydrogens (primary N) is 2. The molecule has 0 radical (unpaired) electrons. The zero-order chi connectivity index (χ0) is 63.0. The highest BCUT2D eigenvalue weighted by atomic mass is 16.4. The van der Waals surface area contributed by atoms with Crippen LogP contribution in [-0.2, 0) is 65.6 Å². The van der Waals surface area contributed by atoms with Gasteiger partial charge in [0, 0.05) is 36.5 Å². The van der Waals surface area contributed by atoms with Crippen LogP contribution in [0.15, 0.2) is 60.8 Å². The van der Waals surface area contributed by atoms with Crippen LogP contribution < -0.4 is 64.6 Å². The number of aliphatic carboxylic acids is 2. The molecule has 9 amide bonds. The molecule has 3 rings (SSSR count). The monoisotopic (exact) mass is 1170 g/mol. The lowest BCUT2D eigenvalue weighted by Gasteiger charge is -2.29. The molecule has 462 valence electrons. The molecule has 0 spiro atoms. The van der Waals surface area contributed by atoms with Gasteiger partial charge in [-0.2, -0.15) is 0 Å². The maximum Gasteiger partial charge on any atom is 0.326 e. The van der Waals surface area contributed by atoms with Crippen molar-refractivity contribution in [1.82, 2.24) is 58.2 Å². The normalized spacial score (nSPS) is 15.5. The van der Waals surface area contributed by atoms with Gasteiger partial charge in [0.15, 0.2) is 5.96 Å². The molecule has 3 aromatic rings. The molecule has 18 N–H and O–H groups in total. The Morgan fingerprint density at radius 3 is 1.60 bits per heavy atom. The Balaban J connectivity index is 1.93. The van der Waals surface area contributed by atoms with E-state index >= 15 is 0 Å². The maximum absolute atomic E-state index is 14.5. The number of rotatable bonds is 35. The first-order valence-corrected chi connectivity index (χ1v) is 28.2. The van der Waals surface area contributed by atoms with Crippen LogP contribution in [0.5, 0.6) is 0 Å². The van der Waals surface area contributed by atoms with Gasteiger partial charge in [-0.05, 0) is 75.0 Å². The summed E-state index contributed by atoms with van der Waals surface area (Å²) in [5, 5.41) is 53.8. The van der Waals surface area contributed by atoms with Gasteiger partial charge in [0.1, 0.15) is 54.4 Å². The summed E-state index contributed by atoms with van der Waals surface area (Å²) in [6.07, 6.45) is 1.26. The molecular formula is C57H86N14O13. The first-order valence-electron chi connectivity index (χ1n) is 28.2. The molecule has 12 atom stereocenters. The number of aromatic nitrogens is 1. The number of carbonyl (C=O) groups is 11. The molecule has 84 heavy (non-hydrogen) atoms. The van der Waals surface area contributed by atoms with E-state index in [1.54, 1.807) is 70.3 Å². The van der Waals surface area contributed by atoms with Gasteiger partial charge in [-0.3, -0.25) is 53.4 Å². The number of H-pyrrole nitrogens is 1. The molecule has 0 saturated carbocycles. The first kappa shape index (κ1) is 69.6. The number of aromatic amines is 1. The Hall–Kier alpha value is -8.62. The van der Waals surface area contributed by atoms with E-state index < -0.39 is 144 Å². The van der Waals surface area contributed by atoms with Gasteiger partial charge in [0.25, 0.3) is 0 Å². The Bertz CT molecular complexity index is 2770. The largest absolute Gasteiger partial charge is 0.481 e. The molecule has 1 aromatic heterocycles. The van der Waals surface area contributed by atoms with Crippen molar-refractivity contribution < 1.29 is 63.0 Å². The summed E-state index contributed by atoms with van der Waals surface area (Å²) in [7, 11) is 0. The van der Waals surface area contributed by atoms with Crippen LogP contribution in [0.25, 0.3) is 10.9 Å². The minimum atomic E-state index is -1.85. The van der Waals surface area contributed by atoms with E-state index in [0.717, 1.165) is 10.9 Å². The van der Waals surface area contributed by atoms with E-state index in [1.165, 1.54) is 20.8 Å². The first-order chi connectivity index (χ1) is 39.6. The highest BCUT2D eigenvalue weighted by molar-refractivity contribution is 5.99. The molecule has 1 heterocycles. The minimum Gasteiger partial charge on any atom is -0.481 e. The summed E-state index contributed by atoms with van der Waals surface area (Å²) >= 11 is 0. The quantitative estimate of drug-likeness (QED) is 0.0204. The minimum absolute atomic E-state index is 0.0786. The summed E-state index contributed by atoms with van der Waals surface area (Å²) in [5.74, 6) is -12.0. The number of carbonyl (C=O) groups excluding carboxylic acids is 9. The third-order valence-corrected chi connectivity index (χ3v) is 14.1. The lowest BCUT2D eigenvalue weighted by atomic mass is 9.96. The maximum atomic E-state index is 14.5. The highest BCUT2D eigenvalue weighted by Crippen LogP contribution is 2.20. The third kappa shape index (κ3) is 22.6. The molecule has 0 unspecified atom stereocenters. The van der Waals surface area contributed by atoms with Gasteiger partial charge in [-0.25, -0.2) is 4.79 Å². The van der Waals surface area contributed by atoms with E-state index in [-0.39, 0.29) is 50.5 Å². The fraction of sp³-hybridized carbons (Fsp3) is 0.544. The molecule has 2 aromatic carbocycles. The number of guanidine groups is 1. The lowest BCUT2D eigenvalue weighted by Crippen LogP contribution is -2.61. The lowest BCUT2D eigenvalue weighted by molar-refractivity contribution is -0.144. The number of nitrogens with one attached hydrogen (secondary N) is 12. The summed E-state index contributed by atoms with van der Waals surface area (Å²) < 4.78 is 0. The van der Waals surface area contributed by atoms with E-state index in [4.69, 9.17) is 16.9 Å². The van der Waals surface area contributed by atoms with Gasteiger partial charge in [0.05, 0.1) is 12.5 Å². The topological polar surface area (TPSA) is 440 Å². The van der Waals surface area contributed by atoms with Crippen molar-refractivity contribution in [3.63, 3.8) is 0 Å². The van der Waals surface area contributed by atoms with E-state index in [0.29, 0.717) is 24.0 Å². The number of carboxylic acid groups (broad SMARTS) is 2. The fourth-order valence-electron chi connectivity index (χ4n) is 8.76. The number of fused-ring (bicyclic) bond motifs is 1. The van der Waals surface area contributed by atoms with Crippen LogP contribution >= 0.6 is 0 Å². The van der Waals surface area contributed by atoms with Crippen molar-refractivity contribution in [2.75, 3.05) is 6.54 Å². The van der Waals surface area contributed by atoms with E-state index in [1.807, 2.05) is 32.0 Å². The Morgan fingerprint density at radius 2 is 1.02 bits per heavy atom. The fourth-order valence-corrected chi connectivity index (χ4v) is 8.76. The molecular weight excluding hydrogens is 1090 g/mol. The van der Waals surface area contributed by atoms with E-state index in [2.05, 4.69) is 58.2 Å². The van der Waals surface area contributed by atoms with Crippen molar-refractivity contribution in [2.45, 2.75) is 174 Å². The van der Waals surface area contributed by atoms with Gasteiger partial charge < -0.3 is 79.8 Å². The Kier molecular flexibility index (Phi) is 28.3. The van der Waals surface area contributed by atoms with Crippen molar-refractivity contribution in [3.8, 4) is 0 Å². The van der Waals surface area contributed by atoms with Crippen LogP contribution in [0.2, 0.25) is 0 Å². The predicted octanol–water partition coefficient (Wildman–Crippen LogP) is -0.336. The second-order valence-corrected chi connectivity index (χ2v) is 21.6. The zero-order valence-electron chi connectivity index (χ0n) is 49.2. The van der Waals surface area contributed by atoms with E-state index in [9.17, 15) is 63.0 Å². The number of hydrogen-bond donors (Lipinski definition) is 16. The number of carboxylic acids is 2. The second kappa shape index (κ2) is 34.1. The van der Waals surface area contributed by atoms with Gasteiger partial charge >= 0.3 is 11.9 Å². The van der Waals surface area contributed by atoms with Crippen LogP contribution in [0, 0.1) is 23.2 Å². The van der Waals surface area contributed by atoms with Crippen molar-refractivity contribution in [3.05, 3.63) is 71.9 Å².